The maximum Gasteiger partial charge on any atom is 0.352 e. The molecule has 15 nitrogen and oxygen atoms in total. The average molecular weight is 591 g/mol. The van der Waals surface area contributed by atoms with E-state index in [9.17, 15) is 19.5 Å². The van der Waals surface area contributed by atoms with Gasteiger partial charge in [0.25, 0.3) is 11.8 Å². The van der Waals surface area contributed by atoms with E-state index in [4.69, 9.17) is 10.6 Å². The number of thioether (sulfide) groups is 2. The second-order valence-corrected chi connectivity index (χ2v) is 11.2. The highest BCUT2D eigenvalue weighted by Crippen LogP contribution is 2.41. The molecule has 0 saturated carbocycles. The quantitative estimate of drug-likeness (QED) is 0.106. The number of allylic oxidation sites excluding steroid dienone is 2. The Kier molecular flexibility index (Phi) is 7.94. The van der Waals surface area contributed by atoms with E-state index in [1.54, 1.807) is 6.08 Å². The molecular formula is C21H22N10O5S3. The highest BCUT2D eigenvalue weighted by molar-refractivity contribution is 8.01. The van der Waals surface area contributed by atoms with Gasteiger partial charge in [-0.05, 0) is 34.9 Å². The van der Waals surface area contributed by atoms with Crippen molar-refractivity contribution in [3.63, 3.8) is 0 Å². The molecule has 3 aliphatic rings. The van der Waals surface area contributed by atoms with Gasteiger partial charge in [-0.25, -0.2) is 9.48 Å². The van der Waals surface area contributed by atoms with E-state index in [1.807, 2.05) is 12.2 Å². The summed E-state index contributed by atoms with van der Waals surface area (Å²) in [7, 11) is 0. The number of fused-ring (bicyclic) bond motifs is 1. The number of nitrogens with two attached hydrogens (primary N) is 1. The molecule has 1 fully saturated rings. The van der Waals surface area contributed by atoms with Crippen LogP contribution in [0.4, 0.5) is 5.13 Å². The summed E-state index contributed by atoms with van der Waals surface area (Å²) in [5.74, 6) is -1.95. The Morgan fingerprint density at radius 1 is 1.44 bits per heavy atom. The number of β-lactam (4-membered cyclic amide) rings is 1. The zero-order valence-electron chi connectivity index (χ0n) is 20.2. The lowest BCUT2D eigenvalue weighted by Crippen LogP contribution is -2.71. The molecule has 3 atom stereocenters. The zero-order valence-corrected chi connectivity index (χ0v) is 22.6. The minimum Gasteiger partial charge on any atom is -0.477 e. The Morgan fingerprint density at radius 2 is 2.28 bits per heavy atom. The molecule has 18 heteroatoms. The maximum atomic E-state index is 13.2. The number of nitrogens with zero attached hydrogens (tertiary/aromatic N) is 8. The molecule has 1 saturated heterocycles. The van der Waals surface area contributed by atoms with Gasteiger partial charge in [-0.2, -0.15) is 9.36 Å². The number of oxime groups is 1. The highest BCUT2D eigenvalue weighted by atomic mass is 32.2. The van der Waals surface area contributed by atoms with E-state index < -0.39 is 29.2 Å². The highest BCUT2D eigenvalue weighted by Gasteiger charge is 2.54. The zero-order chi connectivity index (χ0) is 27.5. The van der Waals surface area contributed by atoms with Crippen molar-refractivity contribution < 1.29 is 24.3 Å². The van der Waals surface area contributed by atoms with Crippen molar-refractivity contribution in [2.75, 3.05) is 17.2 Å². The molecule has 2 unspecified atom stereocenters. The number of carbonyl (C=O) groups is 3. The Balaban J connectivity index is 1.30. The van der Waals surface area contributed by atoms with Crippen LogP contribution in [0.5, 0.6) is 0 Å². The molecular weight excluding hydrogens is 568 g/mol. The smallest absolute Gasteiger partial charge is 0.352 e. The lowest BCUT2D eigenvalue weighted by molar-refractivity contribution is -0.150. The number of nitrogens with one attached hydrogen (secondary N) is 1. The van der Waals surface area contributed by atoms with Crippen LogP contribution in [0.1, 0.15) is 18.7 Å². The fourth-order valence-electron chi connectivity index (χ4n) is 4.02. The van der Waals surface area contributed by atoms with Crippen molar-refractivity contribution in [2.45, 2.75) is 42.1 Å². The minimum atomic E-state index is -1.23. The van der Waals surface area contributed by atoms with Crippen molar-refractivity contribution in [1.29, 1.82) is 0 Å². The van der Waals surface area contributed by atoms with E-state index in [0.717, 1.165) is 18.0 Å². The molecule has 2 aromatic rings. The summed E-state index contributed by atoms with van der Waals surface area (Å²) in [5, 5.41) is 28.0. The molecule has 2 amide bonds. The largest absolute Gasteiger partial charge is 0.477 e. The van der Waals surface area contributed by atoms with Crippen LogP contribution in [0.15, 0.2) is 46.4 Å². The number of carbonyl (C=O) groups excluding carboxylic acids is 2. The molecule has 1 aliphatic carbocycles. The van der Waals surface area contributed by atoms with Gasteiger partial charge in [-0.15, -0.1) is 23.4 Å². The molecule has 4 heterocycles. The van der Waals surface area contributed by atoms with E-state index in [-0.39, 0.29) is 34.2 Å². The summed E-state index contributed by atoms with van der Waals surface area (Å²) in [4.78, 5) is 49.2. The van der Waals surface area contributed by atoms with Crippen molar-refractivity contribution in [3.05, 3.63) is 41.9 Å². The molecule has 39 heavy (non-hydrogen) atoms. The minimum absolute atomic E-state index is 0.0267. The van der Waals surface area contributed by atoms with Crippen LogP contribution >= 0.6 is 35.1 Å². The maximum absolute atomic E-state index is 13.2. The molecule has 4 N–H and O–H groups in total. The fraction of sp³-hybridized carbons (Fsp3) is 0.381. The Labute approximate surface area is 233 Å². The van der Waals surface area contributed by atoms with Crippen LogP contribution in [0, 0.1) is 0 Å². The second kappa shape index (κ2) is 11.5. The monoisotopic (exact) mass is 590 g/mol. The summed E-state index contributed by atoms with van der Waals surface area (Å²) in [6.45, 7) is 4.06. The Hall–Kier alpha value is -3.77. The number of anilines is 1. The standard InChI is InChI=1S/C21H22N10O5S3/c1-2-7-30-21(25-28-29-30)38-9-10-8-37-18-13(17(33)31(18)14(10)19(34)35)23-16(32)12(15-24-20(22)39-27-15)26-36-11-5-3-4-6-11/h2-3,5,11,13,18H,1,4,6-9H2,(H,23,32)(H,34,35)(H2,22,24,27)/b26-12-/t11?,13?,18-/m1/s1. The third-order valence-electron chi connectivity index (χ3n) is 5.83. The first-order valence-corrected chi connectivity index (χ1v) is 14.4. The lowest BCUT2D eigenvalue weighted by atomic mass is 10.0. The number of nitrogen functional groups attached to an aromatic ring is 1. The number of amides is 2. The summed E-state index contributed by atoms with van der Waals surface area (Å²) in [5.41, 5.74) is 5.89. The SMILES string of the molecule is C=CCn1nnnc1SCC1=C(C(=O)O)N2C(=O)C(NC(=O)/C(=N\OC3C=CCC3)c3nsc(N)n3)[C@H]2SC1. The summed E-state index contributed by atoms with van der Waals surface area (Å²) in [6, 6.07) is -0.974. The lowest BCUT2D eigenvalue weighted by Gasteiger charge is -2.49. The number of aliphatic carboxylic acids is 1. The van der Waals surface area contributed by atoms with Gasteiger partial charge >= 0.3 is 5.97 Å². The second-order valence-electron chi connectivity index (χ2n) is 8.38. The molecule has 0 spiro atoms. The van der Waals surface area contributed by atoms with Crippen LogP contribution in [0.2, 0.25) is 0 Å². The third kappa shape index (κ3) is 5.52. The van der Waals surface area contributed by atoms with Gasteiger partial charge in [0.2, 0.25) is 16.7 Å². The predicted octanol–water partition coefficient (Wildman–Crippen LogP) is 0.263. The molecule has 0 bridgehead atoms. The van der Waals surface area contributed by atoms with E-state index in [2.05, 4.69) is 41.9 Å². The van der Waals surface area contributed by atoms with Gasteiger partial charge < -0.3 is 21.0 Å². The van der Waals surface area contributed by atoms with Crippen molar-refractivity contribution in [2.24, 2.45) is 5.16 Å². The van der Waals surface area contributed by atoms with Gasteiger partial charge in [0, 0.05) is 23.0 Å². The summed E-state index contributed by atoms with van der Waals surface area (Å²) in [6.07, 6.45) is 6.69. The van der Waals surface area contributed by atoms with Crippen LogP contribution in [-0.2, 0) is 25.8 Å². The van der Waals surface area contributed by atoms with Crippen molar-refractivity contribution in [3.8, 4) is 0 Å². The van der Waals surface area contributed by atoms with E-state index >= 15 is 0 Å². The number of aromatic nitrogens is 6. The van der Waals surface area contributed by atoms with Gasteiger partial charge in [-0.1, -0.05) is 29.1 Å². The molecule has 5 rings (SSSR count). The van der Waals surface area contributed by atoms with Crippen LogP contribution < -0.4 is 11.1 Å². The Morgan fingerprint density at radius 3 is 2.97 bits per heavy atom. The van der Waals surface area contributed by atoms with Crippen molar-refractivity contribution in [1.82, 2.24) is 39.8 Å². The average Bonchev–Trinajstić information content (AvgIpc) is 3.69. The number of carboxylic acids is 1. The first kappa shape index (κ1) is 26.8. The fourth-order valence-corrected chi connectivity index (χ4v) is 6.83. The number of hydrogen-bond acceptors (Lipinski definition) is 14. The number of hydrogen-bond donors (Lipinski definition) is 3. The predicted molar refractivity (Wildman–Crippen MR) is 143 cm³/mol. The normalized spacial score (nSPS) is 22.5. The summed E-state index contributed by atoms with van der Waals surface area (Å²) >= 11 is 3.50. The number of rotatable bonds is 11. The van der Waals surface area contributed by atoms with Gasteiger partial charge in [-0.3, -0.25) is 14.5 Å². The van der Waals surface area contributed by atoms with Crippen LogP contribution in [-0.4, -0.2) is 92.1 Å². The molecule has 0 aromatic carbocycles. The van der Waals surface area contributed by atoms with E-state index in [0.29, 0.717) is 29.4 Å². The first-order chi connectivity index (χ1) is 18.9. The molecule has 2 aromatic heterocycles. The van der Waals surface area contributed by atoms with Crippen molar-refractivity contribution >= 4 is 63.7 Å². The van der Waals surface area contributed by atoms with Gasteiger partial charge in [0.1, 0.15) is 23.2 Å². The first-order valence-electron chi connectivity index (χ1n) is 11.6. The number of tetrazole rings is 1. The van der Waals surface area contributed by atoms with Gasteiger partial charge in [0.05, 0.1) is 6.54 Å². The van der Waals surface area contributed by atoms with Crippen LogP contribution in [0.3, 0.4) is 0 Å². The summed E-state index contributed by atoms with van der Waals surface area (Å²) < 4.78 is 5.58. The third-order valence-corrected chi connectivity index (χ3v) is 8.76. The van der Waals surface area contributed by atoms with Gasteiger partial charge in [0.15, 0.2) is 5.13 Å². The van der Waals surface area contributed by atoms with E-state index in [1.165, 1.54) is 33.1 Å². The molecule has 2 aliphatic heterocycles. The topological polar surface area (TPSA) is 204 Å². The number of carboxylic acid groups (broad SMARTS) is 1. The molecule has 204 valence electrons. The Bertz CT molecular complexity index is 1400. The van der Waals surface area contributed by atoms with Crippen LogP contribution in [0.25, 0.3) is 0 Å². The molecule has 0 radical (unpaired) electrons.